The van der Waals surface area contributed by atoms with Crippen molar-refractivity contribution in [3.8, 4) is 0 Å². The fraction of sp³-hybridized carbons (Fsp3) is 0.656. The molecule has 0 aromatic carbocycles. The maximum absolute atomic E-state index is 14.1. The van der Waals surface area contributed by atoms with E-state index in [1.807, 2.05) is 19.9 Å². The first kappa shape index (κ1) is 27.6. The van der Waals surface area contributed by atoms with Gasteiger partial charge in [0.2, 0.25) is 11.6 Å². The second-order valence-electron chi connectivity index (χ2n) is 12.8. The normalized spacial score (nSPS) is 33.2. The first-order valence-corrected chi connectivity index (χ1v) is 14.1. The summed E-state index contributed by atoms with van der Waals surface area (Å²) in [7, 11) is 0. The first-order chi connectivity index (χ1) is 17.3. The molecule has 4 rings (SSSR count). The lowest BCUT2D eigenvalue weighted by molar-refractivity contribution is -0.153. The molecule has 2 bridgehead atoms. The molecule has 0 saturated heterocycles. The summed E-state index contributed by atoms with van der Waals surface area (Å²) in [5.74, 6) is -2.46. The number of allylic oxidation sites excluding steroid dienone is 5. The highest BCUT2D eigenvalue weighted by Gasteiger charge is 2.63. The molecule has 3 unspecified atom stereocenters. The van der Waals surface area contributed by atoms with Gasteiger partial charge in [-0.25, -0.2) is 4.79 Å². The van der Waals surface area contributed by atoms with Crippen molar-refractivity contribution in [2.45, 2.75) is 105 Å². The molecular formula is C32H44O5. The fourth-order valence-corrected chi connectivity index (χ4v) is 7.48. The Bertz CT molecular complexity index is 1120. The molecular weight excluding hydrogens is 464 g/mol. The zero-order valence-corrected chi connectivity index (χ0v) is 23.5. The number of hydrogen-bond donors (Lipinski definition) is 1. The Kier molecular flexibility index (Phi) is 7.49. The van der Waals surface area contributed by atoms with Gasteiger partial charge in [-0.15, -0.1) is 0 Å². The molecule has 0 heterocycles. The first-order valence-electron chi connectivity index (χ1n) is 14.1. The summed E-state index contributed by atoms with van der Waals surface area (Å²) < 4.78 is 6.14. The lowest BCUT2D eigenvalue weighted by atomic mass is 9.69. The number of carbonyl (C=O) groups is 3. The maximum atomic E-state index is 14.1. The molecule has 5 heteroatoms. The summed E-state index contributed by atoms with van der Waals surface area (Å²) in [6.07, 6.45) is 8.96. The number of hydrogen-bond acceptors (Lipinski definition) is 5. The predicted octanol–water partition coefficient (Wildman–Crippen LogP) is 7.13. The van der Waals surface area contributed by atoms with Crippen LogP contribution in [0.3, 0.4) is 0 Å². The van der Waals surface area contributed by atoms with Crippen LogP contribution in [0, 0.1) is 28.6 Å². The number of ether oxygens (including phenoxy) is 1. The van der Waals surface area contributed by atoms with Crippen LogP contribution in [0.15, 0.2) is 46.3 Å². The highest BCUT2D eigenvalue weighted by molar-refractivity contribution is 6.34. The van der Waals surface area contributed by atoms with Crippen molar-refractivity contribution in [3.63, 3.8) is 0 Å². The van der Waals surface area contributed by atoms with E-state index in [-0.39, 0.29) is 46.0 Å². The molecule has 0 aromatic rings. The van der Waals surface area contributed by atoms with Crippen molar-refractivity contribution in [2.75, 3.05) is 0 Å². The monoisotopic (exact) mass is 508 g/mol. The number of rotatable bonds is 8. The zero-order valence-electron chi connectivity index (χ0n) is 23.5. The van der Waals surface area contributed by atoms with Crippen molar-refractivity contribution in [1.82, 2.24) is 0 Å². The Labute approximate surface area is 222 Å². The van der Waals surface area contributed by atoms with Gasteiger partial charge < -0.3 is 9.84 Å². The molecule has 5 atom stereocenters. The Morgan fingerprint density at radius 3 is 2.43 bits per heavy atom. The number of Topliss-reactive ketones (excluding diaryl/α,β-unsaturated/α-hetero) is 2. The van der Waals surface area contributed by atoms with Gasteiger partial charge in [-0.3, -0.25) is 9.59 Å². The molecule has 5 nitrogen and oxygen atoms in total. The Balaban J connectivity index is 1.72. The largest absolute Gasteiger partial charge is 0.504 e. The molecule has 0 spiro atoms. The summed E-state index contributed by atoms with van der Waals surface area (Å²) in [6, 6.07) is 0. The smallest absolute Gasteiger partial charge is 0.342 e. The number of carbonyl (C=O) groups excluding carboxylic acids is 3. The van der Waals surface area contributed by atoms with E-state index in [1.165, 1.54) is 0 Å². The van der Waals surface area contributed by atoms with Crippen molar-refractivity contribution >= 4 is 17.5 Å². The summed E-state index contributed by atoms with van der Waals surface area (Å²) >= 11 is 0. The van der Waals surface area contributed by atoms with Crippen LogP contribution in [0.25, 0.3) is 0 Å². The molecule has 0 radical (unpaired) electrons. The van der Waals surface area contributed by atoms with Gasteiger partial charge in [0, 0.05) is 16.9 Å². The van der Waals surface area contributed by atoms with E-state index in [4.69, 9.17) is 4.74 Å². The summed E-state index contributed by atoms with van der Waals surface area (Å²) in [5, 5.41) is 11.1. The molecule has 2 saturated carbocycles. The predicted molar refractivity (Wildman–Crippen MR) is 145 cm³/mol. The van der Waals surface area contributed by atoms with Crippen LogP contribution < -0.4 is 0 Å². The number of fused-ring (bicyclic) bond motifs is 2. The van der Waals surface area contributed by atoms with Gasteiger partial charge in [-0.05, 0) is 76.0 Å². The van der Waals surface area contributed by atoms with Gasteiger partial charge in [0.15, 0.2) is 5.76 Å². The average Bonchev–Trinajstić information content (AvgIpc) is 3.16. The third-order valence-corrected chi connectivity index (χ3v) is 10.4. The van der Waals surface area contributed by atoms with E-state index in [1.54, 1.807) is 0 Å². The van der Waals surface area contributed by atoms with Crippen molar-refractivity contribution in [3.05, 3.63) is 46.3 Å². The third-order valence-electron chi connectivity index (χ3n) is 10.4. The second-order valence-corrected chi connectivity index (χ2v) is 12.8. The molecule has 2 fully saturated rings. The number of esters is 1. The molecule has 0 aliphatic heterocycles. The minimum absolute atomic E-state index is 0.0303. The summed E-state index contributed by atoms with van der Waals surface area (Å²) in [6.45, 7) is 16.8. The summed E-state index contributed by atoms with van der Waals surface area (Å²) in [4.78, 5) is 41.5. The standard InChI is InChI=1S/C32H44O5/c1-8-9-10-11-22-26(30(36)37-24-17-20-14-15-32(24,7)31(20,5)6)28(34)25(29(35)27(22)33)23-16-19(4)12-13-21(23)18(2)3/h16,20-21,23-24,35H,2,8-15,17H2,1,3-7H3/t20?,21-,23+,24?,32?/m0/s1. The van der Waals surface area contributed by atoms with Gasteiger partial charge in [0.1, 0.15) is 11.7 Å². The average molecular weight is 509 g/mol. The van der Waals surface area contributed by atoms with Gasteiger partial charge >= 0.3 is 5.97 Å². The zero-order chi connectivity index (χ0) is 27.3. The van der Waals surface area contributed by atoms with E-state index in [2.05, 4.69) is 34.3 Å². The molecule has 1 N–H and O–H groups in total. The van der Waals surface area contributed by atoms with Gasteiger partial charge in [0.25, 0.3) is 0 Å². The molecule has 0 amide bonds. The van der Waals surface area contributed by atoms with Crippen LogP contribution in [-0.4, -0.2) is 28.7 Å². The van der Waals surface area contributed by atoms with Crippen LogP contribution in [-0.2, 0) is 19.1 Å². The Morgan fingerprint density at radius 1 is 1.16 bits per heavy atom. The lowest BCUT2D eigenvalue weighted by Gasteiger charge is -2.38. The van der Waals surface area contributed by atoms with Crippen molar-refractivity contribution in [2.24, 2.45) is 28.6 Å². The van der Waals surface area contributed by atoms with E-state index in [0.29, 0.717) is 12.3 Å². The highest BCUT2D eigenvalue weighted by Crippen LogP contribution is 2.66. The number of ketones is 2. The van der Waals surface area contributed by atoms with Crippen LogP contribution in [0.1, 0.15) is 99.3 Å². The fourth-order valence-electron chi connectivity index (χ4n) is 7.48. The maximum Gasteiger partial charge on any atom is 0.342 e. The van der Waals surface area contributed by atoms with Crippen molar-refractivity contribution < 1.29 is 24.2 Å². The van der Waals surface area contributed by atoms with Gasteiger partial charge in [-0.1, -0.05) is 64.3 Å². The summed E-state index contributed by atoms with van der Waals surface area (Å²) in [5.41, 5.74) is 1.87. The van der Waals surface area contributed by atoms with Crippen LogP contribution in [0.5, 0.6) is 0 Å². The van der Waals surface area contributed by atoms with E-state index < -0.39 is 29.2 Å². The molecule has 202 valence electrons. The minimum atomic E-state index is -0.701. The van der Waals surface area contributed by atoms with Crippen LogP contribution in [0.2, 0.25) is 0 Å². The molecule has 4 aliphatic rings. The second kappa shape index (κ2) is 10.0. The van der Waals surface area contributed by atoms with E-state index in [0.717, 1.165) is 56.1 Å². The minimum Gasteiger partial charge on any atom is -0.504 e. The lowest BCUT2D eigenvalue weighted by Crippen LogP contribution is -2.40. The van der Waals surface area contributed by atoms with E-state index in [9.17, 15) is 19.5 Å². The molecule has 0 aromatic heterocycles. The van der Waals surface area contributed by atoms with Gasteiger partial charge in [-0.2, -0.15) is 0 Å². The van der Waals surface area contributed by atoms with Crippen LogP contribution >= 0.6 is 0 Å². The van der Waals surface area contributed by atoms with Gasteiger partial charge in [0.05, 0.1) is 5.57 Å². The SMILES string of the molecule is C=C(C)[C@@H]1CCC(C)=C[C@H]1C1=C(O)C(=O)C(CCCCC)=C(C(=O)OC2CC3CCC2(C)C3(C)C)C1=O. The topological polar surface area (TPSA) is 80.7 Å². The van der Waals surface area contributed by atoms with Crippen LogP contribution in [0.4, 0.5) is 0 Å². The number of unbranched alkanes of at least 4 members (excludes halogenated alkanes) is 2. The number of aliphatic hydroxyl groups is 1. The highest BCUT2D eigenvalue weighted by atomic mass is 16.5. The van der Waals surface area contributed by atoms with Crippen molar-refractivity contribution in [1.29, 1.82) is 0 Å². The van der Waals surface area contributed by atoms with E-state index >= 15 is 0 Å². The Hall–Kier alpha value is -2.43. The quantitative estimate of drug-likeness (QED) is 0.124. The molecule has 4 aliphatic carbocycles. The molecule has 37 heavy (non-hydrogen) atoms. The third kappa shape index (κ3) is 4.46. The Morgan fingerprint density at radius 2 is 1.86 bits per heavy atom. The number of aliphatic hydroxyl groups excluding tert-OH is 1.